The van der Waals surface area contributed by atoms with Crippen LogP contribution in [-0.2, 0) is 6.54 Å². The van der Waals surface area contributed by atoms with Crippen LogP contribution < -0.4 is 5.73 Å². The van der Waals surface area contributed by atoms with Gasteiger partial charge in [-0.3, -0.25) is 0 Å². The van der Waals surface area contributed by atoms with Crippen molar-refractivity contribution in [1.82, 2.24) is 4.57 Å². The third-order valence-corrected chi connectivity index (χ3v) is 5.73. The first-order valence-electron chi connectivity index (χ1n) is 7.51. The topological polar surface area (TPSA) is 54.7 Å². The van der Waals surface area contributed by atoms with Gasteiger partial charge in [-0.25, -0.2) is 0 Å². The van der Waals surface area contributed by atoms with E-state index in [1.165, 1.54) is 38.5 Å². The highest BCUT2D eigenvalue weighted by Crippen LogP contribution is 2.60. The second kappa shape index (κ2) is 3.79. The van der Waals surface area contributed by atoms with Crippen LogP contribution >= 0.6 is 0 Å². The summed E-state index contributed by atoms with van der Waals surface area (Å²) < 4.78 is 2.13. The molecular weight excluding hydrogens is 234 g/mol. The Morgan fingerprint density at radius 1 is 1.21 bits per heavy atom. The number of hydrogen-bond acceptors (Lipinski definition) is 2. The molecule has 0 saturated heterocycles. The molecule has 0 radical (unpaired) electrons. The Balaban J connectivity index is 1.62. The molecule has 100 valence electrons. The second-order valence-corrected chi connectivity index (χ2v) is 7.31. The lowest BCUT2D eigenvalue weighted by atomic mass is 9.49. The van der Waals surface area contributed by atoms with Crippen molar-refractivity contribution in [2.45, 2.75) is 45.1 Å². The fourth-order valence-electron chi connectivity index (χ4n) is 5.57. The number of nitrogen functional groups attached to an aromatic ring is 1. The monoisotopic (exact) mass is 255 g/mol. The molecular formula is C16H21N3. The first-order valence-corrected chi connectivity index (χ1v) is 7.51. The van der Waals surface area contributed by atoms with Gasteiger partial charge in [0, 0.05) is 12.7 Å². The average molecular weight is 255 g/mol. The van der Waals surface area contributed by atoms with Gasteiger partial charge in [0.15, 0.2) is 0 Å². The van der Waals surface area contributed by atoms with E-state index in [0.29, 0.717) is 11.0 Å². The van der Waals surface area contributed by atoms with E-state index in [2.05, 4.69) is 10.6 Å². The molecule has 4 saturated carbocycles. The number of anilines is 1. The molecule has 2 N–H and O–H groups in total. The minimum absolute atomic E-state index is 0.481. The molecule has 0 aliphatic heterocycles. The zero-order valence-electron chi connectivity index (χ0n) is 11.3. The number of nitrogens with two attached hydrogens (primary N) is 1. The third-order valence-electron chi connectivity index (χ3n) is 5.73. The zero-order chi connectivity index (χ0) is 13.0. The predicted octanol–water partition coefficient (Wildman–Crippen LogP) is 3.16. The summed E-state index contributed by atoms with van der Waals surface area (Å²) in [6, 6.07) is 4.00. The molecule has 4 fully saturated rings. The normalized spacial score (nSPS) is 39.4. The summed E-state index contributed by atoms with van der Waals surface area (Å²) in [4.78, 5) is 0. The molecule has 4 aliphatic carbocycles. The lowest BCUT2D eigenvalue weighted by Crippen LogP contribution is -2.47. The molecule has 1 aromatic heterocycles. The molecule has 5 rings (SSSR count). The van der Waals surface area contributed by atoms with E-state index >= 15 is 0 Å². The van der Waals surface area contributed by atoms with E-state index in [9.17, 15) is 0 Å². The summed E-state index contributed by atoms with van der Waals surface area (Å²) >= 11 is 0. The lowest BCUT2D eigenvalue weighted by Gasteiger charge is -2.57. The van der Waals surface area contributed by atoms with E-state index < -0.39 is 0 Å². The highest BCUT2D eigenvalue weighted by Gasteiger charge is 2.50. The standard InChI is InChI=1S/C16H21N3/c17-8-14-4-15(18)19(9-14)10-16-5-11-1-12(6-16)3-13(2-11)7-16/h4,9,11-13H,1-3,5-7,10,18H2. The summed E-state index contributed by atoms with van der Waals surface area (Å²) in [6.45, 7) is 1.03. The Labute approximate surface area is 114 Å². The van der Waals surface area contributed by atoms with Crippen molar-refractivity contribution in [2.24, 2.45) is 23.2 Å². The van der Waals surface area contributed by atoms with E-state index in [-0.39, 0.29) is 0 Å². The molecule has 0 spiro atoms. The van der Waals surface area contributed by atoms with Crippen molar-refractivity contribution in [3.8, 4) is 6.07 Å². The van der Waals surface area contributed by atoms with Crippen LogP contribution in [0.3, 0.4) is 0 Å². The highest BCUT2D eigenvalue weighted by atomic mass is 15.0. The van der Waals surface area contributed by atoms with Gasteiger partial charge in [-0.15, -0.1) is 0 Å². The molecule has 0 atom stereocenters. The summed E-state index contributed by atoms with van der Waals surface area (Å²) in [7, 11) is 0. The maximum atomic E-state index is 8.99. The van der Waals surface area contributed by atoms with Crippen LogP contribution in [-0.4, -0.2) is 4.57 Å². The summed E-state index contributed by atoms with van der Waals surface area (Å²) in [5.74, 6) is 3.67. The SMILES string of the molecule is N#Cc1cc(N)n(CC23CC4CC(CC(C4)C2)C3)c1. The molecule has 0 amide bonds. The molecule has 4 aliphatic rings. The number of hydrogen-bond donors (Lipinski definition) is 1. The smallest absolute Gasteiger partial charge is 0.104 e. The number of nitrogens with zero attached hydrogens (tertiary/aromatic N) is 2. The fraction of sp³-hybridized carbons (Fsp3) is 0.688. The van der Waals surface area contributed by atoms with E-state index in [1.54, 1.807) is 6.07 Å². The van der Waals surface area contributed by atoms with Gasteiger partial charge in [0.25, 0.3) is 0 Å². The molecule has 3 heteroatoms. The van der Waals surface area contributed by atoms with Crippen LogP contribution in [0.2, 0.25) is 0 Å². The Morgan fingerprint density at radius 3 is 2.26 bits per heavy atom. The van der Waals surface area contributed by atoms with Gasteiger partial charge in [0.2, 0.25) is 0 Å². The quantitative estimate of drug-likeness (QED) is 0.882. The summed E-state index contributed by atoms with van der Waals surface area (Å²) in [6.07, 6.45) is 10.5. The zero-order valence-corrected chi connectivity index (χ0v) is 11.3. The fourth-order valence-corrected chi connectivity index (χ4v) is 5.57. The average Bonchev–Trinajstić information content (AvgIpc) is 2.67. The first-order chi connectivity index (χ1) is 9.16. The van der Waals surface area contributed by atoms with Crippen molar-refractivity contribution >= 4 is 5.82 Å². The van der Waals surface area contributed by atoms with Crippen LogP contribution in [0, 0.1) is 34.5 Å². The largest absolute Gasteiger partial charge is 0.385 e. The third kappa shape index (κ3) is 1.77. The second-order valence-electron chi connectivity index (χ2n) is 7.31. The molecule has 19 heavy (non-hydrogen) atoms. The van der Waals surface area contributed by atoms with Crippen LogP contribution in [0.15, 0.2) is 12.3 Å². The molecule has 0 unspecified atom stereocenters. The molecule has 0 aromatic carbocycles. The first kappa shape index (κ1) is 11.4. The lowest BCUT2D eigenvalue weighted by molar-refractivity contribution is -0.0615. The van der Waals surface area contributed by atoms with E-state index in [0.717, 1.165) is 30.1 Å². The van der Waals surface area contributed by atoms with Gasteiger partial charge in [-0.05, 0) is 67.8 Å². The van der Waals surface area contributed by atoms with Crippen molar-refractivity contribution < 1.29 is 0 Å². The number of rotatable bonds is 2. The van der Waals surface area contributed by atoms with Crippen LogP contribution in [0.1, 0.15) is 44.1 Å². The molecule has 4 bridgehead atoms. The Bertz CT molecular complexity index is 514. The summed E-state index contributed by atoms with van der Waals surface area (Å²) in [5, 5.41) is 8.99. The molecule has 3 nitrogen and oxygen atoms in total. The summed E-state index contributed by atoms with van der Waals surface area (Å²) in [5.41, 5.74) is 7.24. The van der Waals surface area contributed by atoms with Crippen LogP contribution in [0.25, 0.3) is 0 Å². The van der Waals surface area contributed by atoms with Crippen LogP contribution in [0.5, 0.6) is 0 Å². The van der Waals surface area contributed by atoms with Crippen molar-refractivity contribution in [1.29, 1.82) is 5.26 Å². The van der Waals surface area contributed by atoms with Gasteiger partial charge >= 0.3 is 0 Å². The van der Waals surface area contributed by atoms with Crippen molar-refractivity contribution in [3.05, 3.63) is 17.8 Å². The van der Waals surface area contributed by atoms with E-state index in [4.69, 9.17) is 11.0 Å². The van der Waals surface area contributed by atoms with Gasteiger partial charge in [0.1, 0.15) is 11.9 Å². The van der Waals surface area contributed by atoms with Gasteiger partial charge in [-0.2, -0.15) is 5.26 Å². The number of nitriles is 1. The van der Waals surface area contributed by atoms with E-state index in [1.807, 2.05) is 6.20 Å². The minimum atomic E-state index is 0.481. The minimum Gasteiger partial charge on any atom is -0.385 e. The Hall–Kier alpha value is -1.43. The predicted molar refractivity (Wildman–Crippen MR) is 74.2 cm³/mol. The maximum Gasteiger partial charge on any atom is 0.104 e. The van der Waals surface area contributed by atoms with Crippen LogP contribution in [0.4, 0.5) is 5.82 Å². The highest BCUT2D eigenvalue weighted by molar-refractivity contribution is 5.42. The molecule has 1 heterocycles. The van der Waals surface area contributed by atoms with Gasteiger partial charge in [-0.1, -0.05) is 0 Å². The maximum absolute atomic E-state index is 8.99. The Morgan fingerprint density at radius 2 is 1.79 bits per heavy atom. The molecule has 1 aromatic rings. The Kier molecular flexibility index (Phi) is 2.27. The van der Waals surface area contributed by atoms with Crippen molar-refractivity contribution in [3.63, 3.8) is 0 Å². The van der Waals surface area contributed by atoms with Crippen molar-refractivity contribution in [2.75, 3.05) is 5.73 Å². The van der Waals surface area contributed by atoms with Gasteiger partial charge in [0.05, 0.1) is 5.56 Å². The van der Waals surface area contributed by atoms with Gasteiger partial charge < -0.3 is 10.3 Å². The number of aromatic nitrogens is 1.